The van der Waals surface area contributed by atoms with Gasteiger partial charge in [-0.1, -0.05) is 13.8 Å². The number of rotatable bonds is 7. The van der Waals surface area contributed by atoms with Gasteiger partial charge >= 0.3 is 0 Å². The summed E-state index contributed by atoms with van der Waals surface area (Å²) in [4.78, 5) is 2.49. The van der Waals surface area contributed by atoms with Crippen LogP contribution in [0.4, 0.5) is 0 Å². The fourth-order valence-electron chi connectivity index (χ4n) is 3.44. The van der Waals surface area contributed by atoms with Gasteiger partial charge in [-0.3, -0.25) is 10.2 Å². The molecule has 0 amide bonds. The first-order chi connectivity index (χ1) is 9.12. The van der Waals surface area contributed by atoms with Crippen LogP contribution in [0.5, 0.6) is 0 Å². The third-order valence-corrected chi connectivity index (χ3v) is 4.26. The van der Waals surface area contributed by atoms with Crippen molar-refractivity contribution in [2.24, 2.45) is 0 Å². The topological polar surface area (TPSA) is 48.3 Å². The number of hydrogen-bond donors (Lipinski definition) is 1. The fraction of sp³-hybridized carbons (Fsp3) is 0.933. The second-order valence-electron chi connectivity index (χ2n) is 5.61. The lowest BCUT2D eigenvalue weighted by Gasteiger charge is -2.43. The quantitative estimate of drug-likeness (QED) is 0.768. The van der Waals surface area contributed by atoms with E-state index in [1.807, 2.05) is 0 Å². The molecule has 4 nitrogen and oxygen atoms in total. The zero-order valence-corrected chi connectivity index (χ0v) is 12.9. The molecule has 0 aromatic carbocycles. The molecule has 0 heterocycles. The highest BCUT2D eigenvalue weighted by atomic mass is 16.5. The first-order valence-electron chi connectivity index (χ1n) is 7.53. The molecule has 0 spiro atoms. The largest absolute Gasteiger partial charge is 0.383 e. The Balaban J connectivity index is 2.74. The van der Waals surface area contributed by atoms with Crippen molar-refractivity contribution >= 4 is 0 Å². The van der Waals surface area contributed by atoms with Gasteiger partial charge in [-0.25, -0.2) is 0 Å². The number of nitrogens with one attached hydrogen (secondary N) is 1. The standard InChI is InChI=1S/C15H29N3O/c1-5-17-15(12-16)9-7-8-14(10-15)18(6-2)13(3)11-19-4/h13-14,17H,5-11H2,1-4H3. The second kappa shape index (κ2) is 7.84. The number of nitriles is 1. The van der Waals surface area contributed by atoms with Crippen LogP contribution < -0.4 is 5.32 Å². The molecule has 1 rings (SSSR count). The maximum absolute atomic E-state index is 9.53. The number of hydrogen-bond acceptors (Lipinski definition) is 4. The Morgan fingerprint density at radius 3 is 2.79 bits per heavy atom. The van der Waals surface area contributed by atoms with E-state index in [1.165, 1.54) is 6.42 Å². The van der Waals surface area contributed by atoms with Crippen LogP contribution in [0.2, 0.25) is 0 Å². The van der Waals surface area contributed by atoms with E-state index in [9.17, 15) is 5.26 Å². The summed E-state index contributed by atoms with van der Waals surface area (Å²) >= 11 is 0. The molecule has 1 N–H and O–H groups in total. The predicted octanol–water partition coefficient (Wildman–Crippen LogP) is 2.16. The number of nitrogens with zero attached hydrogens (tertiary/aromatic N) is 2. The maximum atomic E-state index is 9.53. The lowest BCUT2D eigenvalue weighted by atomic mass is 9.79. The van der Waals surface area contributed by atoms with Gasteiger partial charge in [0.15, 0.2) is 0 Å². The minimum atomic E-state index is -0.322. The molecule has 1 saturated carbocycles. The highest BCUT2D eigenvalue weighted by Crippen LogP contribution is 2.31. The SMILES string of the molecule is CCNC1(C#N)CCCC(N(CC)C(C)COC)C1. The molecule has 0 aromatic rings. The minimum absolute atomic E-state index is 0.322. The molecule has 0 radical (unpaired) electrons. The van der Waals surface area contributed by atoms with E-state index >= 15 is 0 Å². The lowest BCUT2D eigenvalue weighted by Crippen LogP contribution is -2.54. The van der Waals surface area contributed by atoms with E-state index < -0.39 is 0 Å². The Kier molecular flexibility index (Phi) is 6.78. The monoisotopic (exact) mass is 267 g/mol. The van der Waals surface area contributed by atoms with E-state index in [0.717, 1.165) is 39.0 Å². The van der Waals surface area contributed by atoms with E-state index in [0.29, 0.717) is 12.1 Å². The van der Waals surface area contributed by atoms with Crippen LogP contribution in [-0.4, -0.2) is 49.3 Å². The van der Waals surface area contributed by atoms with Crippen LogP contribution in [0.15, 0.2) is 0 Å². The number of methoxy groups -OCH3 is 1. The Morgan fingerprint density at radius 2 is 2.26 bits per heavy atom. The van der Waals surface area contributed by atoms with Crippen LogP contribution in [0, 0.1) is 11.3 Å². The first kappa shape index (κ1) is 16.4. The summed E-state index contributed by atoms with van der Waals surface area (Å²) in [5.41, 5.74) is -0.322. The van der Waals surface area contributed by atoms with E-state index in [1.54, 1.807) is 7.11 Å². The Morgan fingerprint density at radius 1 is 1.53 bits per heavy atom. The van der Waals surface area contributed by atoms with E-state index in [2.05, 4.69) is 37.1 Å². The molecule has 3 atom stereocenters. The van der Waals surface area contributed by atoms with Gasteiger partial charge < -0.3 is 4.74 Å². The maximum Gasteiger partial charge on any atom is 0.108 e. The van der Waals surface area contributed by atoms with Crippen LogP contribution in [0.1, 0.15) is 46.5 Å². The third-order valence-electron chi connectivity index (χ3n) is 4.26. The summed E-state index contributed by atoms with van der Waals surface area (Å²) in [5.74, 6) is 0. The van der Waals surface area contributed by atoms with Gasteiger partial charge in [0.1, 0.15) is 5.54 Å². The molecular weight excluding hydrogens is 238 g/mol. The average Bonchev–Trinajstić information content (AvgIpc) is 2.40. The van der Waals surface area contributed by atoms with E-state index in [-0.39, 0.29) is 5.54 Å². The van der Waals surface area contributed by atoms with Gasteiger partial charge in [0, 0.05) is 19.2 Å². The van der Waals surface area contributed by atoms with Gasteiger partial charge in [-0.15, -0.1) is 0 Å². The Bertz CT molecular complexity index is 298. The first-order valence-corrected chi connectivity index (χ1v) is 7.53. The summed E-state index contributed by atoms with van der Waals surface area (Å²) in [6.07, 6.45) is 4.22. The third kappa shape index (κ3) is 4.17. The van der Waals surface area contributed by atoms with Crippen molar-refractivity contribution in [3.05, 3.63) is 0 Å². The van der Waals surface area contributed by atoms with Crippen LogP contribution >= 0.6 is 0 Å². The van der Waals surface area contributed by atoms with Gasteiger partial charge in [-0.05, 0) is 45.7 Å². The van der Waals surface area contributed by atoms with Crippen molar-refractivity contribution in [2.75, 3.05) is 26.8 Å². The van der Waals surface area contributed by atoms with Crippen molar-refractivity contribution in [1.29, 1.82) is 5.26 Å². The molecular formula is C15H29N3O. The molecule has 0 aliphatic heterocycles. The summed E-state index contributed by atoms with van der Waals surface area (Å²) in [7, 11) is 1.75. The fourth-order valence-corrected chi connectivity index (χ4v) is 3.44. The Hall–Kier alpha value is -0.630. The molecule has 3 unspecified atom stereocenters. The molecule has 0 saturated heterocycles. The van der Waals surface area contributed by atoms with Gasteiger partial charge in [-0.2, -0.15) is 5.26 Å². The summed E-state index contributed by atoms with van der Waals surface area (Å²) in [5, 5.41) is 12.9. The summed E-state index contributed by atoms with van der Waals surface area (Å²) in [6.45, 7) is 9.12. The van der Waals surface area contributed by atoms with Crippen LogP contribution in [-0.2, 0) is 4.74 Å². The highest BCUT2D eigenvalue weighted by Gasteiger charge is 2.38. The molecule has 4 heteroatoms. The average molecular weight is 267 g/mol. The molecule has 110 valence electrons. The van der Waals surface area contributed by atoms with E-state index in [4.69, 9.17) is 4.74 Å². The zero-order chi connectivity index (χ0) is 14.3. The summed E-state index contributed by atoms with van der Waals surface area (Å²) in [6, 6.07) is 3.43. The normalized spacial score (nSPS) is 29.2. The molecule has 0 bridgehead atoms. The lowest BCUT2D eigenvalue weighted by molar-refractivity contribution is 0.0465. The zero-order valence-electron chi connectivity index (χ0n) is 12.9. The number of likely N-dealkylation sites (N-methyl/N-ethyl adjacent to an activating group) is 1. The van der Waals surface area contributed by atoms with Crippen molar-refractivity contribution in [3.8, 4) is 6.07 Å². The molecule has 0 aromatic heterocycles. The van der Waals surface area contributed by atoms with Crippen LogP contribution in [0.25, 0.3) is 0 Å². The molecule has 1 fully saturated rings. The van der Waals surface area contributed by atoms with Crippen molar-refractivity contribution in [2.45, 2.75) is 64.1 Å². The van der Waals surface area contributed by atoms with Crippen molar-refractivity contribution < 1.29 is 4.74 Å². The molecule has 1 aliphatic rings. The number of ether oxygens (including phenoxy) is 1. The minimum Gasteiger partial charge on any atom is -0.383 e. The Labute approximate surface area is 118 Å². The van der Waals surface area contributed by atoms with Crippen LogP contribution in [0.3, 0.4) is 0 Å². The van der Waals surface area contributed by atoms with Crippen molar-refractivity contribution in [1.82, 2.24) is 10.2 Å². The highest BCUT2D eigenvalue weighted by molar-refractivity contribution is 5.11. The van der Waals surface area contributed by atoms with Gasteiger partial charge in [0.05, 0.1) is 12.7 Å². The smallest absolute Gasteiger partial charge is 0.108 e. The van der Waals surface area contributed by atoms with Gasteiger partial charge in [0.2, 0.25) is 0 Å². The molecule has 1 aliphatic carbocycles. The summed E-state index contributed by atoms with van der Waals surface area (Å²) < 4.78 is 5.28. The molecule has 19 heavy (non-hydrogen) atoms. The van der Waals surface area contributed by atoms with Gasteiger partial charge in [0.25, 0.3) is 0 Å². The second-order valence-corrected chi connectivity index (χ2v) is 5.61. The van der Waals surface area contributed by atoms with Crippen molar-refractivity contribution in [3.63, 3.8) is 0 Å². The predicted molar refractivity (Wildman–Crippen MR) is 78.0 cm³/mol.